The maximum atomic E-state index is 13.3. The molecule has 0 spiro atoms. The molecule has 3 aromatic rings. The van der Waals surface area contributed by atoms with E-state index in [9.17, 15) is 9.90 Å². The first kappa shape index (κ1) is 15.6. The molecule has 1 amide bonds. The molecule has 2 atom stereocenters. The standard InChI is InChI=1S/C22H22N2O2/c1-23-18-10-6-5-9-17(18)20-19(23)12-11-16-14-24(21(25)22(16,20)26)13-15-7-3-2-4-8-15/h2-10,16,26H,11-14H2,1H3. The third kappa shape index (κ3) is 1.96. The summed E-state index contributed by atoms with van der Waals surface area (Å²) in [6, 6.07) is 18.1. The second-order valence-electron chi connectivity index (χ2n) is 7.57. The number of hydrogen-bond donors (Lipinski definition) is 1. The van der Waals surface area contributed by atoms with Crippen molar-refractivity contribution in [2.75, 3.05) is 6.54 Å². The molecule has 2 heterocycles. The number of likely N-dealkylation sites (tertiary alicyclic amines) is 1. The van der Waals surface area contributed by atoms with Crippen molar-refractivity contribution in [3.05, 3.63) is 71.4 Å². The lowest BCUT2D eigenvalue weighted by Gasteiger charge is -2.32. The number of carbonyl (C=O) groups is 1. The molecule has 26 heavy (non-hydrogen) atoms. The summed E-state index contributed by atoms with van der Waals surface area (Å²) in [6.07, 6.45) is 1.74. The highest BCUT2D eigenvalue weighted by Crippen LogP contribution is 2.49. The van der Waals surface area contributed by atoms with Gasteiger partial charge in [0, 0.05) is 48.2 Å². The van der Waals surface area contributed by atoms with Crippen LogP contribution >= 0.6 is 0 Å². The Balaban J connectivity index is 1.62. The average molecular weight is 346 g/mol. The van der Waals surface area contributed by atoms with Gasteiger partial charge < -0.3 is 14.6 Å². The van der Waals surface area contributed by atoms with Gasteiger partial charge in [-0.05, 0) is 24.5 Å². The smallest absolute Gasteiger partial charge is 0.259 e. The zero-order valence-corrected chi connectivity index (χ0v) is 14.9. The van der Waals surface area contributed by atoms with Crippen LogP contribution in [0.2, 0.25) is 0 Å². The highest BCUT2D eigenvalue weighted by atomic mass is 16.3. The Morgan fingerprint density at radius 1 is 1.12 bits per heavy atom. The van der Waals surface area contributed by atoms with Crippen molar-refractivity contribution < 1.29 is 9.90 Å². The summed E-state index contributed by atoms with van der Waals surface area (Å²) < 4.78 is 2.14. The van der Waals surface area contributed by atoms with Crippen molar-refractivity contribution in [1.29, 1.82) is 0 Å². The van der Waals surface area contributed by atoms with Crippen LogP contribution in [0.4, 0.5) is 0 Å². The van der Waals surface area contributed by atoms with Crippen molar-refractivity contribution in [3.63, 3.8) is 0 Å². The number of carbonyl (C=O) groups excluding carboxylic acids is 1. The number of rotatable bonds is 2. The fourth-order valence-electron chi connectivity index (χ4n) is 4.92. The van der Waals surface area contributed by atoms with Gasteiger partial charge in [0.2, 0.25) is 0 Å². The summed E-state index contributed by atoms with van der Waals surface area (Å²) in [4.78, 5) is 15.2. The number of para-hydroxylation sites is 1. The van der Waals surface area contributed by atoms with Crippen molar-refractivity contribution in [2.24, 2.45) is 13.0 Å². The Morgan fingerprint density at radius 3 is 2.65 bits per heavy atom. The fraction of sp³-hybridized carbons (Fsp3) is 0.318. The van der Waals surface area contributed by atoms with Gasteiger partial charge in [0.25, 0.3) is 5.91 Å². The van der Waals surface area contributed by atoms with Crippen molar-refractivity contribution >= 4 is 16.8 Å². The quantitative estimate of drug-likeness (QED) is 0.775. The SMILES string of the molecule is Cn1c2c(c3ccccc31)C1(O)C(=O)N(Cc3ccccc3)CC1CC2. The number of aliphatic hydroxyl groups is 1. The van der Waals surface area contributed by atoms with Gasteiger partial charge in [-0.1, -0.05) is 48.5 Å². The summed E-state index contributed by atoms with van der Waals surface area (Å²) in [5, 5.41) is 12.7. The molecule has 1 aliphatic carbocycles. The van der Waals surface area contributed by atoms with Crippen LogP contribution in [0.15, 0.2) is 54.6 Å². The van der Waals surface area contributed by atoms with Crippen LogP contribution < -0.4 is 0 Å². The van der Waals surface area contributed by atoms with E-state index < -0.39 is 5.60 Å². The zero-order chi connectivity index (χ0) is 17.9. The van der Waals surface area contributed by atoms with Gasteiger partial charge in [-0.15, -0.1) is 0 Å². The number of fused-ring (bicyclic) bond motifs is 5. The molecule has 2 aromatic carbocycles. The van der Waals surface area contributed by atoms with E-state index in [0.717, 1.165) is 40.6 Å². The Labute approximate surface area is 152 Å². The Bertz CT molecular complexity index is 1010. The molecule has 1 fully saturated rings. The molecule has 5 rings (SSSR count). The second kappa shape index (κ2) is 5.45. The highest BCUT2D eigenvalue weighted by Gasteiger charge is 2.57. The predicted molar refractivity (Wildman–Crippen MR) is 100 cm³/mol. The highest BCUT2D eigenvalue weighted by molar-refractivity contribution is 5.97. The summed E-state index contributed by atoms with van der Waals surface area (Å²) in [5.74, 6) is -0.194. The number of nitrogens with zero attached hydrogens (tertiary/aromatic N) is 2. The van der Waals surface area contributed by atoms with Gasteiger partial charge in [-0.2, -0.15) is 0 Å². The first-order valence-corrected chi connectivity index (χ1v) is 9.23. The van der Waals surface area contributed by atoms with E-state index >= 15 is 0 Å². The van der Waals surface area contributed by atoms with Crippen LogP contribution in [0, 0.1) is 5.92 Å². The second-order valence-corrected chi connectivity index (χ2v) is 7.57. The topological polar surface area (TPSA) is 45.5 Å². The molecule has 1 N–H and O–H groups in total. The van der Waals surface area contributed by atoms with E-state index in [1.165, 1.54) is 0 Å². The van der Waals surface area contributed by atoms with Gasteiger partial charge >= 0.3 is 0 Å². The lowest BCUT2D eigenvalue weighted by atomic mass is 9.74. The van der Waals surface area contributed by atoms with E-state index in [-0.39, 0.29) is 11.8 Å². The van der Waals surface area contributed by atoms with Gasteiger partial charge in [-0.3, -0.25) is 4.79 Å². The van der Waals surface area contributed by atoms with Crippen LogP contribution in [-0.2, 0) is 30.4 Å². The van der Waals surface area contributed by atoms with Crippen LogP contribution in [0.3, 0.4) is 0 Å². The Hall–Kier alpha value is -2.59. The molecule has 132 valence electrons. The van der Waals surface area contributed by atoms with Crippen molar-refractivity contribution in [3.8, 4) is 0 Å². The minimum Gasteiger partial charge on any atom is -0.375 e. The molecule has 4 nitrogen and oxygen atoms in total. The van der Waals surface area contributed by atoms with E-state index in [2.05, 4.69) is 10.6 Å². The third-order valence-corrected chi connectivity index (χ3v) is 6.20. The average Bonchev–Trinajstić information content (AvgIpc) is 3.10. The first-order valence-electron chi connectivity index (χ1n) is 9.23. The predicted octanol–water partition coefficient (Wildman–Crippen LogP) is 2.97. The Morgan fingerprint density at radius 2 is 1.85 bits per heavy atom. The number of aromatic nitrogens is 1. The molecule has 2 aliphatic rings. The fourth-order valence-corrected chi connectivity index (χ4v) is 4.92. The van der Waals surface area contributed by atoms with Gasteiger partial charge in [0.1, 0.15) is 0 Å². The maximum Gasteiger partial charge on any atom is 0.259 e. The molecule has 0 bridgehead atoms. The lowest BCUT2D eigenvalue weighted by Crippen LogP contribution is -2.43. The minimum absolute atomic E-state index is 0.0444. The molecule has 2 unspecified atom stereocenters. The molecule has 1 aromatic heterocycles. The summed E-state index contributed by atoms with van der Waals surface area (Å²) in [7, 11) is 2.03. The summed E-state index contributed by atoms with van der Waals surface area (Å²) >= 11 is 0. The van der Waals surface area contributed by atoms with Crippen LogP contribution in [-0.4, -0.2) is 27.0 Å². The van der Waals surface area contributed by atoms with Crippen LogP contribution in [0.1, 0.15) is 23.2 Å². The van der Waals surface area contributed by atoms with Gasteiger partial charge in [-0.25, -0.2) is 0 Å². The maximum absolute atomic E-state index is 13.3. The van der Waals surface area contributed by atoms with Crippen molar-refractivity contribution in [2.45, 2.75) is 25.0 Å². The van der Waals surface area contributed by atoms with Gasteiger partial charge in [0.15, 0.2) is 5.60 Å². The molecule has 0 saturated carbocycles. The molecule has 0 radical (unpaired) electrons. The molecule has 1 aliphatic heterocycles. The summed E-state index contributed by atoms with van der Waals surface area (Å²) in [6.45, 7) is 1.17. The van der Waals surface area contributed by atoms with Gasteiger partial charge in [0.05, 0.1) is 0 Å². The summed E-state index contributed by atoms with van der Waals surface area (Å²) in [5.41, 5.74) is 2.72. The molecule has 4 heteroatoms. The number of amides is 1. The zero-order valence-electron chi connectivity index (χ0n) is 14.9. The van der Waals surface area contributed by atoms with Crippen molar-refractivity contribution in [1.82, 2.24) is 9.47 Å². The monoisotopic (exact) mass is 346 g/mol. The molecular formula is C22H22N2O2. The normalized spacial score (nSPS) is 24.8. The number of hydrogen-bond acceptors (Lipinski definition) is 2. The minimum atomic E-state index is -1.40. The lowest BCUT2D eigenvalue weighted by molar-refractivity contribution is -0.147. The van der Waals surface area contributed by atoms with E-state index in [4.69, 9.17) is 0 Å². The number of benzene rings is 2. The third-order valence-electron chi connectivity index (χ3n) is 6.20. The first-order chi connectivity index (χ1) is 12.6. The molecule has 1 saturated heterocycles. The van der Waals surface area contributed by atoms with E-state index in [0.29, 0.717) is 13.1 Å². The van der Waals surface area contributed by atoms with Crippen LogP contribution in [0.5, 0.6) is 0 Å². The van der Waals surface area contributed by atoms with E-state index in [1.807, 2.05) is 60.5 Å². The van der Waals surface area contributed by atoms with Crippen LogP contribution in [0.25, 0.3) is 10.9 Å². The Kier molecular flexibility index (Phi) is 3.28. The largest absolute Gasteiger partial charge is 0.375 e. The molecular weight excluding hydrogens is 324 g/mol. The number of aryl methyl sites for hydroxylation is 1. The van der Waals surface area contributed by atoms with E-state index in [1.54, 1.807) is 0 Å².